The van der Waals surface area contributed by atoms with E-state index in [4.69, 9.17) is 0 Å². The van der Waals surface area contributed by atoms with Crippen LogP contribution < -0.4 is 5.32 Å². The van der Waals surface area contributed by atoms with Crippen LogP contribution in [0.3, 0.4) is 0 Å². The van der Waals surface area contributed by atoms with Gasteiger partial charge in [0.1, 0.15) is 0 Å². The standard InChI is InChI=1S/C10H13F10N3O/c1-22(2)5-3-4-21-6(24)7(11,12)8(13,14)23(9(15,16)17)10(18,19)20/h3-5H2,1-2H3,(H,21,24). The number of halogens is 10. The lowest BCUT2D eigenvalue weighted by Crippen LogP contribution is -2.68. The molecule has 0 aliphatic rings. The monoisotopic (exact) mass is 381 g/mol. The van der Waals surface area contributed by atoms with Crippen LogP contribution in [-0.2, 0) is 4.79 Å². The summed E-state index contributed by atoms with van der Waals surface area (Å²) in [6, 6.07) is -6.88. The average Bonchev–Trinajstić information content (AvgIpc) is 2.29. The fourth-order valence-electron chi connectivity index (χ4n) is 1.45. The van der Waals surface area contributed by atoms with Gasteiger partial charge in [0.2, 0.25) is 0 Å². The van der Waals surface area contributed by atoms with Crippen LogP contribution in [0.25, 0.3) is 0 Å². The highest BCUT2D eigenvalue weighted by molar-refractivity contribution is 5.84. The maximum absolute atomic E-state index is 13.3. The van der Waals surface area contributed by atoms with E-state index in [9.17, 15) is 48.7 Å². The van der Waals surface area contributed by atoms with Crippen LogP contribution in [0, 0.1) is 0 Å². The van der Waals surface area contributed by atoms with Crippen LogP contribution >= 0.6 is 0 Å². The number of nitrogens with zero attached hydrogens (tertiary/aromatic N) is 2. The number of nitrogens with one attached hydrogen (secondary N) is 1. The van der Waals surface area contributed by atoms with Crippen LogP contribution in [0.4, 0.5) is 43.9 Å². The van der Waals surface area contributed by atoms with Crippen LogP contribution in [-0.4, -0.2) is 67.5 Å². The molecule has 0 aliphatic heterocycles. The molecule has 0 saturated heterocycles. The van der Waals surface area contributed by atoms with Gasteiger partial charge >= 0.3 is 24.6 Å². The second-order valence-corrected chi connectivity index (χ2v) is 4.80. The Labute approximate surface area is 129 Å². The predicted octanol–water partition coefficient (Wildman–Crippen LogP) is 2.62. The van der Waals surface area contributed by atoms with Crippen molar-refractivity contribution in [1.29, 1.82) is 0 Å². The minimum absolute atomic E-state index is 0.0529. The van der Waals surface area contributed by atoms with Gasteiger partial charge in [0.25, 0.3) is 5.91 Å². The van der Waals surface area contributed by atoms with E-state index in [-0.39, 0.29) is 13.0 Å². The summed E-state index contributed by atoms with van der Waals surface area (Å²) in [6.07, 6.45) is -13.8. The number of carbonyl (C=O) groups is 1. The number of hydrogen-bond donors (Lipinski definition) is 1. The van der Waals surface area contributed by atoms with Crippen molar-refractivity contribution in [2.24, 2.45) is 0 Å². The summed E-state index contributed by atoms with van der Waals surface area (Å²) in [4.78, 5) is 8.90. The molecule has 24 heavy (non-hydrogen) atoms. The minimum atomic E-state index is -6.89. The fourth-order valence-corrected chi connectivity index (χ4v) is 1.45. The molecule has 0 aliphatic carbocycles. The van der Waals surface area contributed by atoms with Gasteiger partial charge in [-0.2, -0.15) is 43.9 Å². The third kappa shape index (κ3) is 5.36. The quantitative estimate of drug-likeness (QED) is 0.419. The Morgan fingerprint density at radius 1 is 0.875 bits per heavy atom. The van der Waals surface area contributed by atoms with Crippen molar-refractivity contribution >= 4 is 5.91 Å². The number of hydrogen-bond acceptors (Lipinski definition) is 3. The molecule has 0 heterocycles. The van der Waals surface area contributed by atoms with Crippen molar-refractivity contribution in [2.75, 3.05) is 27.2 Å². The average molecular weight is 381 g/mol. The first-order valence-corrected chi connectivity index (χ1v) is 6.08. The number of carbonyl (C=O) groups excluding carboxylic acids is 1. The molecule has 0 atom stereocenters. The summed E-state index contributed by atoms with van der Waals surface area (Å²) >= 11 is 0. The van der Waals surface area contributed by atoms with Crippen molar-refractivity contribution < 1.29 is 48.7 Å². The SMILES string of the molecule is CN(C)CCCNC(=O)C(F)(F)C(F)(F)N(C(F)(F)F)C(F)(F)F. The Hall–Kier alpha value is -1.31. The van der Waals surface area contributed by atoms with Crippen molar-refractivity contribution in [2.45, 2.75) is 31.0 Å². The van der Waals surface area contributed by atoms with E-state index in [1.165, 1.54) is 24.3 Å². The molecule has 0 unspecified atom stereocenters. The molecule has 4 nitrogen and oxygen atoms in total. The van der Waals surface area contributed by atoms with E-state index in [1.807, 2.05) is 0 Å². The molecule has 0 aromatic heterocycles. The van der Waals surface area contributed by atoms with Crippen LogP contribution in [0.5, 0.6) is 0 Å². The van der Waals surface area contributed by atoms with Crippen molar-refractivity contribution in [3.05, 3.63) is 0 Å². The van der Waals surface area contributed by atoms with E-state index < -0.39 is 41.9 Å². The third-order valence-corrected chi connectivity index (χ3v) is 2.52. The van der Waals surface area contributed by atoms with Gasteiger partial charge in [0.05, 0.1) is 0 Å². The molecule has 0 fully saturated rings. The Morgan fingerprint density at radius 3 is 1.62 bits per heavy atom. The van der Waals surface area contributed by atoms with Gasteiger partial charge in [-0.3, -0.25) is 4.79 Å². The Balaban J connectivity index is 5.36. The van der Waals surface area contributed by atoms with Crippen LogP contribution in [0.2, 0.25) is 0 Å². The number of rotatable bonds is 7. The second-order valence-electron chi connectivity index (χ2n) is 4.80. The van der Waals surface area contributed by atoms with Gasteiger partial charge in [-0.05, 0) is 27.1 Å². The van der Waals surface area contributed by atoms with E-state index in [2.05, 4.69) is 0 Å². The smallest absolute Gasteiger partial charge is 0.351 e. The lowest BCUT2D eigenvalue weighted by molar-refractivity contribution is -0.463. The second kappa shape index (κ2) is 7.29. The van der Waals surface area contributed by atoms with Crippen molar-refractivity contribution in [3.63, 3.8) is 0 Å². The summed E-state index contributed by atoms with van der Waals surface area (Å²) in [7, 11) is 3.07. The molecule has 1 N–H and O–H groups in total. The maximum atomic E-state index is 13.3. The first-order chi connectivity index (χ1) is 10.5. The van der Waals surface area contributed by atoms with E-state index in [0.717, 1.165) is 0 Å². The summed E-state index contributed by atoms with van der Waals surface area (Å²) in [5.41, 5.74) is 0. The Kier molecular flexibility index (Phi) is 6.89. The maximum Gasteiger partial charge on any atom is 0.472 e. The predicted molar refractivity (Wildman–Crippen MR) is 60.0 cm³/mol. The third-order valence-electron chi connectivity index (χ3n) is 2.52. The normalized spacial score (nSPS) is 14.4. The summed E-state index contributed by atoms with van der Waals surface area (Å²) in [5.74, 6) is -9.24. The minimum Gasteiger partial charge on any atom is -0.351 e. The van der Waals surface area contributed by atoms with Gasteiger partial charge in [0, 0.05) is 6.54 Å². The van der Waals surface area contributed by atoms with Gasteiger partial charge in [-0.15, -0.1) is 0 Å². The molecule has 0 saturated carbocycles. The fraction of sp³-hybridized carbons (Fsp3) is 0.900. The Morgan fingerprint density at radius 2 is 1.29 bits per heavy atom. The van der Waals surface area contributed by atoms with Gasteiger partial charge in [0.15, 0.2) is 0 Å². The van der Waals surface area contributed by atoms with E-state index >= 15 is 0 Å². The largest absolute Gasteiger partial charge is 0.472 e. The van der Waals surface area contributed by atoms with E-state index in [1.54, 1.807) is 0 Å². The summed E-state index contributed by atoms with van der Waals surface area (Å²) < 4.78 is 126. The number of alkyl halides is 10. The van der Waals surface area contributed by atoms with E-state index in [0.29, 0.717) is 0 Å². The molecule has 0 rings (SSSR count). The first kappa shape index (κ1) is 22.7. The Bertz CT molecular complexity index is 418. The van der Waals surface area contributed by atoms with Crippen molar-refractivity contribution in [3.8, 4) is 0 Å². The molecule has 0 aromatic rings. The topological polar surface area (TPSA) is 35.6 Å². The van der Waals surface area contributed by atoms with Crippen LogP contribution in [0.15, 0.2) is 0 Å². The first-order valence-electron chi connectivity index (χ1n) is 6.08. The molecular weight excluding hydrogens is 368 g/mol. The number of amides is 1. The highest BCUT2D eigenvalue weighted by Gasteiger charge is 2.77. The molecule has 0 aromatic carbocycles. The van der Waals surface area contributed by atoms with Gasteiger partial charge < -0.3 is 10.2 Å². The molecule has 1 amide bonds. The highest BCUT2D eigenvalue weighted by Crippen LogP contribution is 2.48. The lowest BCUT2D eigenvalue weighted by Gasteiger charge is -2.36. The zero-order valence-corrected chi connectivity index (χ0v) is 12.2. The van der Waals surface area contributed by atoms with Gasteiger partial charge in [-0.1, -0.05) is 4.90 Å². The summed E-state index contributed by atoms with van der Waals surface area (Å²) in [5, 5.41) is 1.19. The molecule has 14 heteroatoms. The highest BCUT2D eigenvalue weighted by atomic mass is 19.4. The molecule has 0 spiro atoms. The lowest BCUT2D eigenvalue weighted by atomic mass is 10.2. The molecular formula is C10H13F10N3O. The molecule has 0 bridgehead atoms. The van der Waals surface area contributed by atoms with Crippen molar-refractivity contribution in [1.82, 2.24) is 15.1 Å². The zero-order valence-electron chi connectivity index (χ0n) is 12.2. The molecule has 144 valence electrons. The van der Waals surface area contributed by atoms with Gasteiger partial charge in [-0.25, -0.2) is 0 Å². The summed E-state index contributed by atoms with van der Waals surface area (Å²) in [6.45, 7) is -0.458. The molecule has 0 radical (unpaired) electrons. The zero-order chi connectivity index (χ0) is 19.6. The van der Waals surface area contributed by atoms with Crippen LogP contribution in [0.1, 0.15) is 6.42 Å².